The van der Waals surface area contributed by atoms with Crippen LogP contribution in [0.5, 0.6) is 0 Å². The van der Waals surface area contributed by atoms with Crippen LogP contribution in [0.2, 0.25) is 5.02 Å². The molecule has 2 aromatic rings. The highest BCUT2D eigenvalue weighted by Gasteiger charge is 2.21. The van der Waals surface area contributed by atoms with Crippen LogP contribution in [0.4, 0.5) is 11.4 Å². The molecule has 1 aliphatic rings. The molecule has 2 aromatic carbocycles. The maximum Gasteiger partial charge on any atom is 0.228 e. The fourth-order valence-corrected chi connectivity index (χ4v) is 3.32. The first kappa shape index (κ1) is 17.5. The molecule has 3 rings (SSSR count). The van der Waals surface area contributed by atoms with E-state index in [2.05, 4.69) is 5.32 Å². The van der Waals surface area contributed by atoms with E-state index < -0.39 is 0 Å². The summed E-state index contributed by atoms with van der Waals surface area (Å²) in [5.74, 6) is 0.0548. The van der Waals surface area contributed by atoms with Crippen LogP contribution in [0.15, 0.2) is 42.5 Å². The van der Waals surface area contributed by atoms with Crippen LogP contribution in [0.3, 0.4) is 0 Å². The van der Waals surface area contributed by atoms with Gasteiger partial charge in [0.05, 0.1) is 6.42 Å². The van der Waals surface area contributed by atoms with Crippen LogP contribution in [0.25, 0.3) is 0 Å². The lowest BCUT2D eigenvalue weighted by Gasteiger charge is -2.28. The topological polar surface area (TPSA) is 49.4 Å². The fraction of sp³-hybridized carbons (Fsp3) is 0.300. The standard InChI is InChI=1S/C20H21ClN2O2/c1-14-12-16(9-10-18(14)23-11-5-4-8-20(23)25)22-19(24)13-15-6-2-3-7-17(15)21/h2-3,6-7,9-10,12H,4-5,8,11,13H2,1H3,(H,22,24). The van der Waals surface area contributed by atoms with Gasteiger partial charge in [0.1, 0.15) is 0 Å². The maximum atomic E-state index is 12.2. The summed E-state index contributed by atoms with van der Waals surface area (Å²) in [4.78, 5) is 26.2. The Balaban J connectivity index is 1.69. The van der Waals surface area contributed by atoms with Crippen LogP contribution < -0.4 is 10.2 Å². The number of nitrogens with zero attached hydrogens (tertiary/aromatic N) is 1. The second kappa shape index (κ2) is 7.70. The van der Waals surface area contributed by atoms with Gasteiger partial charge in [-0.2, -0.15) is 0 Å². The Morgan fingerprint density at radius 2 is 2.00 bits per heavy atom. The van der Waals surface area contributed by atoms with Gasteiger partial charge < -0.3 is 10.2 Å². The molecule has 0 atom stereocenters. The van der Waals surface area contributed by atoms with Gasteiger partial charge in [0.15, 0.2) is 0 Å². The predicted octanol–water partition coefficient (Wildman–Crippen LogP) is 4.35. The van der Waals surface area contributed by atoms with Crippen molar-refractivity contribution in [3.8, 4) is 0 Å². The largest absolute Gasteiger partial charge is 0.326 e. The van der Waals surface area contributed by atoms with Crippen molar-refractivity contribution in [1.29, 1.82) is 0 Å². The molecular weight excluding hydrogens is 336 g/mol. The highest BCUT2D eigenvalue weighted by Crippen LogP contribution is 2.27. The van der Waals surface area contributed by atoms with Gasteiger partial charge in [0, 0.05) is 29.4 Å². The Morgan fingerprint density at radius 3 is 2.72 bits per heavy atom. The molecule has 0 saturated carbocycles. The van der Waals surface area contributed by atoms with E-state index in [-0.39, 0.29) is 18.2 Å². The lowest BCUT2D eigenvalue weighted by atomic mass is 10.1. The van der Waals surface area contributed by atoms with E-state index in [9.17, 15) is 9.59 Å². The van der Waals surface area contributed by atoms with Crippen molar-refractivity contribution in [2.45, 2.75) is 32.6 Å². The summed E-state index contributed by atoms with van der Waals surface area (Å²) in [5, 5.41) is 3.49. The third-order valence-electron chi connectivity index (χ3n) is 4.40. The molecule has 1 saturated heterocycles. The summed E-state index contributed by atoms with van der Waals surface area (Å²) in [5.41, 5.74) is 3.43. The second-order valence-corrected chi connectivity index (χ2v) is 6.73. The quantitative estimate of drug-likeness (QED) is 0.885. The molecule has 25 heavy (non-hydrogen) atoms. The van der Waals surface area contributed by atoms with Crippen molar-refractivity contribution in [2.75, 3.05) is 16.8 Å². The van der Waals surface area contributed by atoms with E-state index in [1.807, 2.05) is 48.2 Å². The van der Waals surface area contributed by atoms with Gasteiger partial charge >= 0.3 is 0 Å². The number of benzene rings is 2. The molecule has 0 spiro atoms. The average Bonchev–Trinajstić information content (AvgIpc) is 2.58. The summed E-state index contributed by atoms with van der Waals surface area (Å²) >= 11 is 6.10. The predicted molar refractivity (Wildman–Crippen MR) is 101 cm³/mol. The highest BCUT2D eigenvalue weighted by atomic mass is 35.5. The molecule has 1 heterocycles. The Labute approximate surface area is 152 Å². The van der Waals surface area contributed by atoms with Gasteiger partial charge in [-0.15, -0.1) is 0 Å². The number of halogens is 1. The molecule has 1 N–H and O–H groups in total. The normalized spacial score (nSPS) is 14.5. The number of carbonyl (C=O) groups excluding carboxylic acids is 2. The van der Waals surface area contributed by atoms with Crippen LogP contribution in [-0.2, 0) is 16.0 Å². The van der Waals surface area contributed by atoms with Crippen molar-refractivity contribution >= 4 is 34.8 Å². The van der Waals surface area contributed by atoms with E-state index >= 15 is 0 Å². The first-order valence-electron chi connectivity index (χ1n) is 8.49. The number of hydrogen-bond acceptors (Lipinski definition) is 2. The summed E-state index contributed by atoms with van der Waals surface area (Å²) in [7, 11) is 0. The first-order valence-corrected chi connectivity index (χ1v) is 8.86. The molecular formula is C20H21ClN2O2. The van der Waals surface area contributed by atoms with Crippen molar-refractivity contribution in [3.63, 3.8) is 0 Å². The molecule has 2 amide bonds. The minimum atomic E-state index is -0.116. The zero-order valence-corrected chi connectivity index (χ0v) is 15.0. The Hall–Kier alpha value is -2.33. The monoisotopic (exact) mass is 356 g/mol. The first-order chi connectivity index (χ1) is 12.0. The van der Waals surface area contributed by atoms with Crippen LogP contribution in [-0.4, -0.2) is 18.4 Å². The highest BCUT2D eigenvalue weighted by molar-refractivity contribution is 6.31. The Kier molecular flexibility index (Phi) is 5.39. The molecule has 130 valence electrons. The molecule has 1 aliphatic heterocycles. The smallest absolute Gasteiger partial charge is 0.228 e. The number of rotatable bonds is 4. The number of nitrogens with one attached hydrogen (secondary N) is 1. The summed E-state index contributed by atoms with van der Waals surface area (Å²) in [6.45, 7) is 2.72. The summed E-state index contributed by atoms with van der Waals surface area (Å²) < 4.78 is 0. The SMILES string of the molecule is Cc1cc(NC(=O)Cc2ccccc2Cl)ccc1N1CCCCC1=O. The van der Waals surface area contributed by atoms with E-state index in [0.29, 0.717) is 11.4 Å². The van der Waals surface area contributed by atoms with Gasteiger partial charge in [-0.3, -0.25) is 9.59 Å². The number of anilines is 2. The maximum absolute atomic E-state index is 12.2. The van der Waals surface area contributed by atoms with E-state index in [4.69, 9.17) is 11.6 Å². The van der Waals surface area contributed by atoms with Crippen LogP contribution >= 0.6 is 11.6 Å². The number of carbonyl (C=O) groups is 2. The molecule has 4 nitrogen and oxygen atoms in total. The molecule has 0 unspecified atom stereocenters. The van der Waals surface area contributed by atoms with Gasteiger partial charge in [-0.1, -0.05) is 29.8 Å². The molecule has 0 aromatic heterocycles. The van der Waals surface area contributed by atoms with Crippen molar-refractivity contribution in [2.24, 2.45) is 0 Å². The minimum Gasteiger partial charge on any atom is -0.326 e. The van der Waals surface area contributed by atoms with E-state index in [1.54, 1.807) is 6.07 Å². The lowest BCUT2D eigenvalue weighted by Crippen LogP contribution is -2.35. The number of piperidine rings is 1. The van der Waals surface area contributed by atoms with Gasteiger partial charge in [0.25, 0.3) is 0 Å². The molecule has 1 fully saturated rings. The zero-order chi connectivity index (χ0) is 17.8. The van der Waals surface area contributed by atoms with E-state index in [1.165, 1.54) is 0 Å². The molecule has 5 heteroatoms. The van der Waals surface area contributed by atoms with Crippen molar-refractivity contribution < 1.29 is 9.59 Å². The summed E-state index contributed by atoms with van der Waals surface area (Å²) in [6, 6.07) is 13.0. The summed E-state index contributed by atoms with van der Waals surface area (Å²) in [6.07, 6.45) is 2.83. The third kappa shape index (κ3) is 4.20. The van der Waals surface area contributed by atoms with E-state index in [0.717, 1.165) is 41.9 Å². The number of aryl methyl sites for hydroxylation is 1. The third-order valence-corrected chi connectivity index (χ3v) is 4.77. The average molecular weight is 357 g/mol. The van der Waals surface area contributed by atoms with Crippen LogP contribution in [0, 0.1) is 6.92 Å². The lowest BCUT2D eigenvalue weighted by molar-refractivity contribution is -0.119. The fourth-order valence-electron chi connectivity index (χ4n) is 3.12. The van der Waals surface area contributed by atoms with Crippen molar-refractivity contribution in [3.05, 3.63) is 58.6 Å². The zero-order valence-electron chi connectivity index (χ0n) is 14.2. The molecule has 0 radical (unpaired) electrons. The minimum absolute atomic E-state index is 0.116. The number of hydrogen-bond donors (Lipinski definition) is 1. The van der Waals surface area contributed by atoms with Gasteiger partial charge in [0.2, 0.25) is 11.8 Å². The Bertz CT molecular complexity index is 804. The molecule has 0 aliphatic carbocycles. The Morgan fingerprint density at radius 1 is 1.20 bits per heavy atom. The van der Waals surface area contributed by atoms with Gasteiger partial charge in [-0.25, -0.2) is 0 Å². The van der Waals surface area contributed by atoms with Crippen LogP contribution in [0.1, 0.15) is 30.4 Å². The van der Waals surface area contributed by atoms with Gasteiger partial charge in [-0.05, 0) is 55.2 Å². The molecule has 0 bridgehead atoms. The second-order valence-electron chi connectivity index (χ2n) is 6.32. The number of amides is 2. The van der Waals surface area contributed by atoms with Crippen molar-refractivity contribution in [1.82, 2.24) is 0 Å².